The van der Waals surface area contributed by atoms with Gasteiger partial charge >= 0.3 is 6.36 Å². The highest BCUT2D eigenvalue weighted by Crippen LogP contribution is 2.33. The molecule has 0 saturated heterocycles. The van der Waals surface area contributed by atoms with Gasteiger partial charge in [-0.15, -0.1) is 13.2 Å². The third-order valence-corrected chi connectivity index (χ3v) is 3.11. The molecule has 0 aliphatic heterocycles. The molecule has 5 nitrogen and oxygen atoms in total. The van der Waals surface area contributed by atoms with Crippen LogP contribution < -0.4 is 9.47 Å². The van der Waals surface area contributed by atoms with Crippen LogP contribution in [-0.4, -0.2) is 21.1 Å². The zero-order chi connectivity index (χ0) is 15.5. The standard InChI is InChI=1S/C12H11BrF3N3O2/c1-2-19-11(17-7-18-19)6-20-8-3-4-10(9(13)5-8)21-12(14,15)16/h3-5,7H,2,6H2,1H3. The summed E-state index contributed by atoms with van der Waals surface area (Å²) in [5.74, 6) is 0.692. The van der Waals surface area contributed by atoms with Crippen molar-refractivity contribution in [1.82, 2.24) is 14.8 Å². The molecule has 1 aromatic heterocycles. The number of nitrogens with zero attached hydrogens (tertiary/aromatic N) is 3. The topological polar surface area (TPSA) is 49.2 Å². The Kier molecular flexibility index (Phi) is 4.71. The Morgan fingerprint density at radius 3 is 2.71 bits per heavy atom. The Labute approximate surface area is 126 Å². The largest absolute Gasteiger partial charge is 0.573 e. The Hall–Kier alpha value is -1.77. The van der Waals surface area contributed by atoms with Gasteiger partial charge in [0, 0.05) is 6.54 Å². The zero-order valence-corrected chi connectivity index (χ0v) is 12.5. The van der Waals surface area contributed by atoms with Gasteiger partial charge in [0.15, 0.2) is 5.82 Å². The smallest absolute Gasteiger partial charge is 0.486 e. The first kappa shape index (κ1) is 15.6. The van der Waals surface area contributed by atoms with Gasteiger partial charge in [-0.1, -0.05) is 0 Å². The van der Waals surface area contributed by atoms with Crippen LogP contribution in [0.4, 0.5) is 13.2 Å². The summed E-state index contributed by atoms with van der Waals surface area (Å²) in [6.45, 7) is 2.73. The molecule has 0 unspecified atom stereocenters. The minimum Gasteiger partial charge on any atom is -0.486 e. The highest BCUT2D eigenvalue weighted by molar-refractivity contribution is 9.10. The van der Waals surface area contributed by atoms with E-state index in [4.69, 9.17) is 4.74 Å². The lowest BCUT2D eigenvalue weighted by atomic mass is 10.3. The van der Waals surface area contributed by atoms with Crippen molar-refractivity contribution in [2.24, 2.45) is 0 Å². The van der Waals surface area contributed by atoms with Crippen molar-refractivity contribution in [3.8, 4) is 11.5 Å². The van der Waals surface area contributed by atoms with Gasteiger partial charge in [-0.05, 0) is 41.1 Å². The second-order valence-electron chi connectivity index (χ2n) is 3.92. The normalized spacial score (nSPS) is 11.5. The maximum Gasteiger partial charge on any atom is 0.573 e. The summed E-state index contributed by atoms with van der Waals surface area (Å²) in [6, 6.07) is 3.96. The van der Waals surface area contributed by atoms with Crippen LogP contribution in [0.2, 0.25) is 0 Å². The van der Waals surface area contributed by atoms with Gasteiger partial charge in [0.05, 0.1) is 4.47 Å². The number of hydrogen-bond donors (Lipinski definition) is 0. The molecule has 1 aromatic carbocycles. The highest BCUT2D eigenvalue weighted by atomic mass is 79.9. The molecule has 2 rings (SSSR count). The van der Waals surface area contributed by atoms with Crippen LogP contribution in [0.3, 0.4) is 0 Å². The minimum atomic E-state index is -4.73. The summed E-state index contributed by atoms with van der Waals surface area (Å²) in [7, 11) is 0. The third kappa shape index (κ3) is 4.35. The lowest BCUT2D eigenvalue weighted by molar-refractivity contribution is -0.274. The molecule has 9 heteroatoms. The number of aryl methyl sites for hydroxylation is 1. The Morgan fingerprint density at radius 2 is 2.10 bits per heavy atom. The van der Waals surface area contributed by atoms with Crippen molar-refractivity contribution >= 4 is 15.9 Å². The van der Waals surface area contributed by atoms with Crippen LogP contribution in [-0.2, 0) is 13.2 Å². The Morgan fingerprint density at radius 1 is 1.33 bits per heavy atom. The summed E-state index contributed by atoms with van der Waals surface area (Å²) in [5, 5.41) is 3.99. The molecule has 0 aliphatic rings. The van der Waals surface area contributed by atoms with E-state index in [1.54, 1.807) is 4.68 Å². The summed E-state index contributed by atoms with van der Waals surface area (Å²) in [4.78, 5) is 4.03. The Bertz CT molecular complexity index is 616. The summed E-state index contributed by atoms with van der Waals surface area (Å²) in [5.41, 5.74) is 0. The molecule has 0 radical (unpaired) electrons. The predicted octanol–water partition coefficient (Wildman–Crippen LogP) is 3.54. The molecular formula is C12H11BrF3N3O2. The monoisotopic (exact) mass is 365 g/mol. The van der Waals surface area contributed by atoms with E-state index in [0.29, 0.717) is 18.1 Å². The van der Waals surface area contributed by atoms with Gasteiger partial charge in [0.1, 0.15) is 24.4 Å². The SMILES string of the molecule is CCn1ncnc1COc1ccc(OC(F)(F)F)c(Br)c1. The van der Waals surface area contributed by atoms with E-state index < -0.39 is 6.36 Å². The molecule has 0 aliphatic carbocycles. The predicted molar refractivity (Wildman–Crippen MR) is 70.9 cm³/mol. The first-order valence-corrected chi connectivity index (χ1v) is 6.73. The van der Waals surface area contributed by atoms with Crippen molar-refractivity contribution in [1.29, 1.82) is 0 Å². The maximum absolute atomic E-state index is 12.1. The average molecular weight is 366 g/mol. The molecule has 21 heavy (non-hydrogen) atoms. The van der Waals surface area contributed by atoms with Gasteiger partial charge in [0.2, 0.25) is 0 Å². The van der Waals surface area contributed by atoms with Gasteiger partial charge in [-0.25, -0.2) is 9.67 Å². The van der Waals surface area contributed by atoms with Crippen LogP contribution in [0.1, 0.15) is 12.7 Å². The van der Waals surface area contributed by atoms with Crippen molar-refractivity contribution in [3.05, 3.63) is 34.8 Å². The first-order chi connectivity index (χ1) is 9.89. The fraction of sp³-hybridized carbons (Fsp3) is 0.333. The fourth-order valence-electron chi connectivity index (χ4n) is 1.59. The molecule has 1 heterocycles. The minimum absolute atomic E-state index is 0.147. The number of alkyl halides is 3. The lowest BCUT2D eigenvalue weighted by Gasteiger charge is -2.12. The van der Waals surface area contributed by atoms with E-state index in [1.165, 1.54) is 24.5 Å². The number of aromatic nitrogens is 3. The second kappa shape index (κ2) is 6.33. The average Bonchev–Trinajstić information content (AvgIpc) is 2.85. The van der Waals surface area contributed by atoms with Crippen molar-refractivity contribution in [2.75, 3.05) is 0 Å². The fourth-order valence-corrected chi connectivity index (χ4v) is 2.03. The number of hydrogen-bond acceptors (Lipinski definition) is 4. The second-order valence-corrected chi connectivity index (χ2v) is 4.78. The van der Waals surface area contributed by atoms with Gasteiger partial charge in [-0.3, -0.25) is 0 Å². The zero-order valence-electron chi connectivity index (χ0n) is 10.9. The Balaban J connectivity index is 2.03. The highest BCUT2D eigenvalue weighted by Gasteiger charge is 2.32. The van der Waals surface area contributed by atoms with Crippen molar-refractivity contribution in [3.63, 3.8) is 0 Å². The first-order valence-electron chi connectivity index (χ1n) is 5.94. The molecule has 0 spiro atoms. The molecule has 0 atom stereocenters. The number of ether oxygens (including phenoxy) is 2. The van der Waals surface area contributed by atoms with E-state index in [2.05, 4.69) is 30.7 Å². The van der Waals surface area contributed by atoms with E-state index >= 15 is 0 Å². The van der Waals surface area contributed by atoms with E-state index in [0.717, 1.165) is 0 Å². The number of halogens is 4. The molecule has 114 valence electrons. The van der Waals surface area contributed by atoms with Crippen LogP contribution in [0.25, 0.3) is 0 Å². The van der Waals surface area contributed by atoms with E-state index in [9.17, 15) is 13.2 Å². The van der Waals surface area contributed by atoms with Gasteiger partial charge < -0.3 is 9.47 Å². The molecule has 0 saturated carbocycles. The molecule has 2 aromatic rings. The summed E-state index contributed by atoms with van der Waals surface area (Å²) < 4.78 is 47.6. The van der Waals surface area contributed by atoms with Crippen LogP contribution >= 0.6 is 15.9 Å². The van der Waals surface area contributed by atoms with E-state index in [1.807, 2.05) is 6.92 Å². The maximum atomic E-state index is 12.1. The van der Waals surface area contributed by atoms with Crippen LogP contribution in [0.15, 0.2) is 29.0 Å². The third-order valence-electron chi connectivity index (χ3n) is 2.49. The molecule has 0 N–H and O–H groups in total. The van der Waals surface area contributed by atoms with E-state index in [-0.39, 0.29) is 16.8 Å². The van der Waals surface area contributed by atoms with Crippen molar-refractivity contribution < 1.29 is 22.6 Å². The van der Waals surface area contributed by atoms with Crippen LogP contribution in [0, 0.1) is 0 Å². The molecule has 0 bridgehead atoms. The molecule has 0 fully saturated rings. The summed E-state index contributed by atoms with van der Waals surface area (Å²) >= 11 is 3.01. The lowest BCUT2D eigenvalue weighted by Crippen LogP contribution is -2.17. The quantitative estimate of drug-likeness (QED) is 0.812. The van der Waals surface area contributed by atoms with Crippen molar-refractivity contribution in [2.45, 2.75) is 26.4 Å². The van der Waals surface area contributed by atoms with Crippen LogP contribution in [0.5, 0.6) is 11.5 Å². The van der Waals surface area contributed by atoms with Gasteiger partial charge in [-0.2, -0.15) is 5.10 Å². The number of benzene rings is 1. The molecular weight excluding hydrogens is 355 g/mol. The number of rotatable bonds is 5. The summed E-state index contributed by atoms with van der Waals surface area (Å²) in [6.07, 6.45) is -3.32. The van der Waals surface area contributed by atoms with Gasteiger partial charge in [0.25, 0.3) is 0 Å². The molecule has 0 amide bonds.